The Bertz CT molecular complexity index is 2030. The van der Waals surface area contributed by atoms with Gasteiger partial charge in [-0.15, -0.1) is 0 Å². The van der Waals surface area contributed by atoms with Crippen LogP contribution in [0.1, 0.15) is 27.7 Å². The van der Waals surface area contributed by atoms with E-state index >= 15 is 0 Å². The molecule has 3 aromatic carbocycles. The highest BCUT2D eigenvalue weighted by Gasteiger charge is 2.12. The molecule has 0 aromatic heterocycles. The first-order valence-electron chi connectivity index (χ1n) is 15.2. The first-order valence-corrected chi connectivity index (χ1v) is 15.2. The first-order chi connectivity index (χ1) is 24.8. The Morgan fingerprint density at radius 2 is 0.731 bits per heavy atom. The monoisotopic (exact) mass is 708 g/mol. The van der Waals surface area contributed by atoms with Crippen LogP contribution in [0.3, 0.4) is 0 Å². The Hall–Kier alpha value is -7.08. The van der Waals surface area contributed by atoms with E-state index in [4.69, 9.17) is 37.9 Å². The summed E-state index contributed by atoms with van der Waals surface area (Å²) in [7, 11) is 0. The Labute approximate surface area is 300 Å². The second-order valence-electron chi connectivity index (χ2n) is 10.8. The molecule has 52 heavy (non-hydrogen) atoms. The van der Waals surface area contributed by atoms with Gasteiger partial charge in [-0.1, -0.05) is 44.5 Å². The van der Waals surface area contributed by atoms with Gasteiger partial charge in [-0.3, -0.25) is 0 Å². The quantitative estimate of drug-likeness (QED) is 0.0575. The highest BCUT2D eigenvalue weighted by atomic mass is 16.6. The fourth-order valence-corrected chi connectivity index (χ4v) is 3.66. The van der Waals surface area contributed by atoms with E-state index in [9.17, 15) is 19.2 Å². The lowest BCUT2D eigenvalue weighted by molar-refractivity contribution is -0.134. The van der Waals surface area contributed by atoms with Crippen molar-refractivity contribution in [1.82, 2.24) is 0 Å². The first kappa shape index (κ1) is 39.4. The van der Waals surface area contributed by atoms with Gasteiger partial charge in [-0.25, -0.2) is 19.2 Å². The second-order valence-corrected chi connectivity index (χ2v) is 10.8. The summed E-state index contributed by atoms with van der Waals surface area (Å²) >= 11 is 0. The zero-order valence-corrected chi connectivity index (χ0v) is 29.0. The van der Waals surface area contributed by atoms with Crippen LogP contribution in [0.25, 0.3) is 21.9 Å². The highest BCUT2D eigenvalue weighted by Crippen LogP contribution is 2.37. The van der Waals surface area contributed by atoms with Crippen LogP contribution in [0.15, 0.2) is 147 Å². The molecule has 0 bridgehead atoms. The van der Waals surface area contributed by atoms with Gasteiger partial charge in [-0.2, -0.15) is 0 Å². The summed E-state index contributed by atoms with van der Waals surface area (Å²) in [6, 6.07) is 14.0. The molecule has 0 saturated carbocycles. The molecule has 0 spiro atoms. The molecule has 0 aliphatic heterocycles. The fraction of sp³-hybridized carbons (Fsp3) is 0.100. The number of ether oxygens (including phenoxy) is 8. The molecule has 0 amide bonds. The molecule has 12 heteroatoms. The summed E-state index contributed by atoms with van der Waals surface area (Å²) in [5.74, 6) is -1.58. The lowest BCUT2D eigenvalue weighted by Crippen LogP contribution is -2.00. The molecule has 268 valence electrons. The zero-order valence-electron chi connectivity index (χ0n) is 29.0. The van der Waals surface area contributed by atoms with Crippen LogP contribution in [0.2, 0.25) is 0 Å². The maximum atomic E-state index is 11.8. The van der Waals surface area contributed by atoms with Crippen molar-refractivity contribution in [3.8, 4) is 34.1 Å². The van der Waals surface area contributed by atoms with Crippen LogP contribution in [0.5, 0.6) is 23.0 Å². The summed E-state index contributed by atoms with van der Waals surface area (Å²) in [4.78, 5) is 46.9. The van der Waals surface area contributed by atoms with Crippen molar-refractivity contribution in [1.29, 1.82) is 0 Å². The Morgan fingerprint density at radius 3 is 1.13 bits per heavy atom. The predicted octanol–water partition coefficient (Wildman–Crippen LogP) is 8.38. The van der Waals surface area contributed by atoms with E-state index in [1.165, 1.54) is 27.7 Å². The van der Waals surface area contributed by atoms with Gasteiger partial charge < -0.3 is 37.9 Å². The van der Waals surface area contributed by atoms with Gasteiger partial charge in [0.15, 0.2) is 23.0 Å². The van der Waals surface area contributed by atoms with E-state index in [0.29, 0.717) is 5.56 Å². The minimum absolute atomic E-state index is 0.205. The van der Waals surface area contributed by atoms with Gasteiger partial charge >= 0.3 is 23.9 Å². The molecular weight excluding hydrogens is 672 g/mol. The zero-order chi connectivity index (χ0) is 38.2. The molecule has 3 rings (SSSR count). The normalized spacial score (nSPS) is 11.0. The van der Waals surface area contributed by atoms with Gasteiger partial charge in [0.1, 0.15) is 50.1 Å². The minimum atomic E-state index is -0.633. The third kappa shape index (κ3) is 12.1. The van der Waals surface area contributed by atoms with Gasteiger partial charge in [0.2, 0.25) is 0 Å². The van der Waals surface area contributed by atoms with Crippen molar-refractivity contribution in [3.63, 3.8) is 0 Å². The van der Waals surface area contributed by atoms with E-state index in [1.807, 2.05) is 18.2 Å². The van der Waals surface area contributed by atoms with Crippen molar-refractivity contribution >= 4 is 34.6 Å². The SMILES string of the molecule is C=C(C)C(=O)O/C=C\Oc1ccc(-c2ccc3cc(O/C=C\OC(=O)C(=C)C)c(O/C=C\OC(=O)C(=C)C)cc3c2)cc1O/C=C\OC(=O)C(=C)C. The van der Waals surface area contributed by atoms with E-state index in [-0.39, 0.29) is 45.3 Å². The van der Waals surface area contributed by atoms with E-state index in [0.717, 1.165) is 66.4 Å². The fourth-order valence-electron chi connectivity index (χ4n) is 3.66. The topological polar surface area (TPSA) is 142 Å². The summed E-state index contributed by atoms with van der Waals surface area (Å²) in [5.41, 5.74) is 2.29. The Balaban J connectivity index is 1.97. The molecule has 0 aliphatic rings. The predicted molar refractivity (Wildman–Crippen MR) is 192 cm³/mol. The number of esters is 4. The third-order valence-electron chi connectivity index (χ3n) is 6.28. The van der Waals surface area contributed by atoms with Gasteiger partial charge in [-0.05, 0) is 79.9 Å². The maximum Gasteiger partial charge on any atom is 0.338 e. The number of hydrogen-bond acceptors (Lipinski definition) is 12. The van der Waals surface area contributed by atoms with Crippen LogP contribution in [-0.4, -0.2) is 23.9 Å². The third-order valence-corrected chi connectivity index (χ3v) is 6.28. The summed E-state index contributed by atoms with van der Waals surface area (Å²) < 4.78 is 42.6. The van der Waals surface area contributed by atoms with Gasteiger partial charge in [0.05, 0.1) is 0 Å². The van der Waals surface area contributed by atoms with Crippen molar-refractivity contribution in [2.24, 2.45) is 0 Å². The summed E-state index contributed by atoms with van der Waals surface area (Å²) in [6.07, 6.45) is 8.86. The molecule has 0 unspecified atom stereocenters. The minimum Gasteiger partial charge on any atom is -0.458 e. The van der Waals surface area contributed by atoms with E-state index in [2.05, 4.69) is 26.3 Å². The van der Waals surface area contributed by atoms with E-state index in [1.54, 1.807) is 30.3 Å². The number of fused-ring (bicyclic) bond motifs is 1. The largest absolute Gasteiger partial charge is 0.458 e. The van der Waals surface area contributed by atoms with Gasteiger partial charge in [0, 0.05) is 22.3 Å². The maximum absolute atomic E-state index is 11.8. The van der Waals surface area contributed by atoms with Crippen LogP contribution < -0.4 is 18.9 Å². The second kappa shape index (κ2) is 19.2. The van der Waals surface area contributed by atoms with Gasteiger partial charge in [0.25, 0.3) is 0 Å². The lowest BCUT2D eigenvalue weighted by atomic mass is 10.0. The number of hydrogen-bond donors (Lipinski definition) is 0. The van der Waals surface area contributed by atoms with Crippen LogP contribution >= 0.6 is 0 Å². The molecule has 0 fully saturated rings. The van der Waals surface area contributed by atoms with Crippen molar-refractivity contribution in [2.75, 3.05) is 0 Å². The molecule has 0 saturated heterocycles. The molecule has 3 aromatic rings. The molecule has 0 radical (unpaired) electrons. The smallest absolute Gasteiger partial charge is 0.338 e. The lowest BCUT2D eigenvalue weighted by Gasteiger charge is -2.12. The van der Waals surface area contributed by atoms with Crippen molar-refractivity contribution < 1.29 is 57.1 Å². The highest BCUT2D eigenvalue weighted by molar-refractivity contribution is 5.91. The molecular formula is C40H36O12. The number of carbonyl (C=O) groups excluding carboxylic acids is 4. The molecule has 0 N–H and O–H groups in total. The molecule has 0 heterocycles. The van der Waals surface area contributed by atoms with Crippen molar-refractivity contribution in [3.05, 3.63) is 147 Å². The van der Waals surface area contributed by atoms with Crippen LogP contribution in [-0.2, 0) is 38.1 Å². The average Bonchev–Trinajstić information content (AvgIpc) is 3.11. The van der Waals surface area contributed by atoms with Crippen LogP contribution in [0, 0.1) is 0 Å². The molecule has 12 nitrogen and oxygen atoms in total. The Morgan fingerprint density at radius 1 is 0.404 bits per heavy atom. The Kier molecular flexibility index (Phi) is 14.5. The summed E-state index contributed by atoms with van der Waals surface area (Å²) in [6.45, 7) is 20.1. The number of benzene rings is 3. The molecule has 0 atom stereocenters. The van der Waals surface area contributed by atoms with Crippen LogP contribution in [0.4, 0.5) is 0 Å². The number of rotatable bonds is 17. The number of carbonyl (C=O) groups is 4. The standard InChI is InChI=1S/C40H36O12/c1-25(2)37(41)49-17-13-45-33-12-11-30(22-34(33)46-14-18-50-38(42)26(3)4)29-9-10-31-23-35(47-15-19-51-39(43)27(5)6)36(24-32(31)21-29)48-16-20-52-40(44)28(7)8/h9-24H,1,3,5,7H2,2,4,6,8H3/b17-13-,18-14-,19-15-,20-16-. The van der Waals surface area contributed by atoms with Crippen molar-refractivity contribution in [2.45, 2.75) is 27.7 Å². The average molecular weight is 709 g/mol. The molecule has 0 aliphatic carbocycles. The van der Waals surface area contributed by atoms with E-state index < -0.39 is 23.9 Å². The summed E-state index contributed by atoms with van der Waals surface area (Å²) in [5, 5.41) is 1.48.